The Morgan fingerprint density at radius 3 is 2.38 bits per heavy atom. The van der Waals surface area contributed by atoms with E-state index in [0.717, 1.165) is 5.56 Å². The maximum atomic E-state index is 8.97. The zero-order valence-electron chi connectivity index (χ0n) is 7.64. The highest BCUT2D eigenvalue weighted by Gasteiger charge is 2.21. The van der Waals surface area contributed by atoms with Gasteiger partial charge in [-0.1, -0.05) is 30.3 Å². The zero-order valence-corrected chi connectivity index (χ0v) is 7.64. The van der Waals surface area contributed by atoms with Gasteiger partial charge in [0.2, 0.25) is 0 Å². The number of hydrogen-bond donors (Lipinski definition) is 3. The summed E-state index contributed by atoms with van der Waals surface area (Å²) in [7, 11) is 0.401. The van der Waals surface area contributed by atoms with E-state index in [2.05, 4.69) is 5.32 Å². The van der Waals surface area contributed by atoms with E-state index in [1.165, 1.54) is 0 Å². The predicted molar refractivity (Wildman–Crippen MR) is 53.2 cm³/mol. The molecule has 0 aliphatic carbocycles. The quantitative estimate of drug-likeness (QED) is 0.562. The van der Waals surface area contributed by atoms with Crippen LogP contribution in [-0.4, -0.2) is 30.2 Å². The summed E-state index contributed by atoms with van der Waals surface area (Å²) in [5.41, 5.74) is 1.09. The molecule has 0 fully saturated rings. The van der Waals surface area contributed by atoms with Crippen molar-refractivity contribution in [1.82, 2.24) is 5.32 Å². The molecule has 0 amide bonds. The second-order valence-corrected chi connectivity index (χ2v) is 3.00. The van der Waals surface area contributed by atoms with E-state index in [1.54, 1.807) is 7.05 Å². The molecule has 70 valence electrons. The molecule has 1 atom stereocenters. The molecule has 0 saturated carbocycles. The monoisotopic (exact) mass is 179 g/mol. The number of nitrogens with one attached hydrogen (secondary N) is 1. The van der Waals surface area contributed by atoms with E-state index in [-0.39, 0.29) is 5.94 Å². The van der Waals surface area contributed by atoms with Gasteiger partial charge in [-0.25, -0.2) is 0 Å². The minimum absolute atomic E-state index is 0.303. The van der Waals surface area contributed by atoms with Gasteiger partial charge < -0.3 is 15.4 Å². The summed E-state index contributed by atoms with van der Waals surface area (Å²) in [5.74, 6) is -0.303. The fourth-order valence-electron chi connectivity index (χ4n) is 1.22. The minimum atomic E-state index is -1.31. The first-order chi connectivity index (χ1) is 6.24. The van der Waals surface area contributed by atoms with Crippen LogP contribution >= 0.6 is 0 Å². The summed E-state index contributed by atoms with van der Waals surface area (Å²) in [6.07, 6.45) is 0.620. The van der Waals surface area contributed by atoms with Gasteiger partial charge in [-0.3, -0.25) is 0 Å². The van der Waals surface area contributed by atoms with Gasteiger partial charge in [-0.05, 0) is 19.0 Å². The summed E-state index contributed by atoms with van der Waals surface area (Å²) in [6.45, 7) is 0. The lowest BCUT2D eigenvalue weighted by Crippen LogP contribution is -2.43. The number of likely N-dealkylation sites (N-methyl/N-ethyl adjacent to an activating group) is 1. The number of benzene rings is 1. The molecule has 0 aromatic heterocycles. The molecule has 1 aromatic rings. The molecule has 1 unspecified atom stereocenters. The molecule has 0 aliphatic rings. The third-order valence-electron chi connectivity index (χ3n) is 2.03. The van der Waals surface area contributed by atoms with Crippen LogP contribution in [0.1, 0.15) is 5.56 Å². The Morgan fingerprint density at radius 1 is 1.31 bits per heavy atom. The van der Waals surface area contributed by atoms with Crippen molar-refractivity contribution >= 4 is 7.12 Å². The van der Waals surface area contributed by atoms with Crippen LogP contribution in [0.4, 0.5) is 0 Å². The zero-order chi connectivity index (χ0) is 9.68. The molecule has 0 saturated heterocycles. The standard InChI is InChI=1S/C9H14BNO2/c1-11-9(10(12)13)7-8-5-3-2-4-6-8/h2-6,9,11-13H,7H2,1H3. The highest BCUT2D eigenvalue weighted by atomic mass is 16.4. The van der Waals surface area contributed by atoms with Gasteiger partial charge >= 0.3 is 7.12 Å². The van der Waals surface area contributed by atoms with Gasteiger partial charge in [-0.15, -0.1) is 0 Å². The van der Waals surface area contributed by atoms with Crippen molar-refractivity contribution in [3.8, 4) is 0 Å². The lowest BCUT2D eigenvalue weighted by molar-refractivity contribution is 0.374. The van der Waals surface area contributed by atoms with Gasteiger partial charge in [0.25, 0.3) is 0 Å². The van der Waals surface area contributed by atoms with Gasteiger partial charge in [0.05, 0.1) is 0 Å². The SMILES string of the molecule is CNC(Cc1ccccc1)B(O)O. The lowest BCUT2D eigenvalue weighted by Gasteiger charge is -2.14. The Morgan fingerprint density at radius 2 is 1.92 bits per heavy atom. The minimum Gasteiger partial charge on any atom is -0.426 e. The van der Waals surface area contributed by atoms with Crippen molar-refractivity contribution in [1.29, 1.82) is 0 Å². The van der Waals surface area contributed by atoms with E-state index in [1.807, 2.05) is 30.3 Å². The molecular weight excluding hydrogens is 165 g/mol. The molecular formula is C9H14BNO2. The average molecular weight is 179 g/mol. The topological polar surface area (TPSA) is 52.5 Å². The van der Waals surface area contributed by atoms with Crippen LogP contribution in [0.3, 0.4) is 0 Å². The maximum Gasteiger partial charge on any atom is 0.469 e. The van der Waals surface area contributed by atoms with Gasteiger partial charge in [-0.2, -0.15) is 0 Å². The molecule has 3 N–H and O–H groups in total. The van der Waals surface area contributed by atoms with E-state index < -0.39 is 7.12 Å². The van der Waals surface area contributed by atoms with Crippen LogP contribution in [0.25, 0.3) is 0 Å². The Balaban J connectivity index is 2.57. The Bertz CT molecular complexity index is 241. The van der Waals surface area contributed by atoms with Crippen molar-refractivity contribution in [2.45, 2.75) is 12.4 Å². The molecule has 0 heterocycles. The highest BCUT2D eigenvalue weighted by Crippen LogP contribution is 2.03. The van der Waals surface area contributed by atoms with Crippen LogP contribution in [0.2, 0.25) is 0 Å². The highest BCUT2D eigenvalue weighted by molar-refractivity contribution is 6.43. The molecule has 0 radical (unpaired) electrons. The van der Waals surface area contributed by atoms with Gasteiger partial charge in [0.1, 0.15) is 0 Å². The molecule has 0 bridgehead atoms. The van der Waals surface area contributed by atoms with Crippen molar-refractivity contribution in [3.63, 3.8) is 0 Å². The van der Waals surface area contributed by atoms with Crippen LogP contribution in [0, 0.1) is 0 Å². The van der Waals surface area contributed by atoms with Crippen LogP contribution in [0.5, 0.6) is 0 Å². The average Bonchev–Trinajstić information content (AvgIpc) is 2.15. The van der Waals surface area contributed by atoms with E-state index >= 15 is 0 Å². The maximum absolute atomic E-state index is 8.97. The Kier molecular flexibility index (Phi) is 3.95. The van der Waals surface area contributed by atoms with E-state index in [9.17, 15) is 0 Å². The third kappa shape index (κ3) is 3.18. The fraction of sp³-hybridized carbons (Fsp3) is 0.333. The molecule has 13 heavy (non-hydrogen) atoms. The first-order valence-corrected chi connectivity index (χ1v) is 4.31. The van der Waals surface area contributed by atoms with Crippen LogP contribution < -0.4 is 5.32 Å². The number of hydrogen-bond acceptors (Lipinski definition) is 3. The van der Waals surface area contributed by atoms with E-state index in [4.69, 9.17) is 10.0 Å². The number of rotatable bonds is 4. The first kappa shape index (κ1) is 10.2. The molecule has 4 heteroatoms. The molecule has 1 rings (SSSR count). The molecule has 0 aliphatic heterocycles. The molecule has 0 spiro atoms. The summed E-state index contributed by atoms with van der Waals surface area (Å²) in [4.78, 5) is 0. The first-order valence-electron chi connectivity index (χ1n) is 4.31. The summed E-state index contributed by atoms with van der Waals surface area (Å²) in [5, 5.41) is 20.8. The van der Waals surface area contributed by atoms with Crippen molar-refractivity contribution in [3.05, 3.63) is 35.9 Å². The van der Waals surface area contributed by atoms with Gasteiger partial charge in [0, 0.05) is 5.94 Å². The Hall–Kier alpha value is -0.835. The largest absolute Gasteiger partial charge is 0.469 e. The summed E-state index contributed by atoms with van der Waals surface area (Å²) >= 11 is 0. The predicted octanol–water partition coefficient (Wildman–Crippen LogP) is -0.171. The second-order valence-electron chi connectivity index (χ2n) is 3.00. The Labute approximate surface area is 78.6 Å². The second kappa shape index (κ2) is 5.02. The molecule has 1 aromatic carbocycles. The normalized spacial score (nSPS) is 12.5. The smallest absolute Gasteiger partial charge is 0.426 e. The van der Waals surface area contributed by atoms with Crippen LogP contribution in [-0.2, 0) is 6.42 Å². The summed E-state index contributed by atoms with van der Waals surface area (Å²) in [6, 6.07) is 9.74. The van der Waals surface area contributed by atoms with E-state index in [0.29, 0.717) is 6.42 Å². The summed E-state index contributed by atoms with van der Waals surface area (Å²) < 4.78 is 0. The van der Waals surface area contributed by atoms with Crippen molar-refractivity contribution in [2.75, 3.05) is 7.05 Å². The van der Waals surface area contributed by atoms with Crippen molar-refractivity contribution in [2.24, 2.45) is 0 Å². The third-order valence-corrected chi connectivity index (χ3v) is 2.03. The van der Waals surface area contributed by atoms with Crippen LogP contribution in [0.15, 0.2) is 30.3 Å². The molecule has 3 nitrogen and oxygen atoms in total. The lowest BCUT2D eigenvalue weighted by atomic mass is 9.76. The van der Waals surface area contributed by atoms with Gasteiger partial charge in [0.15, 0.2) is 0 Å². The van der Waals surface area contributed by atoms with Crippen molar-refractivity contribution < 1.29 is 10.0 Å². The fourth-order valence-corrected chi connectivity index (χ4v) is 1.22.